The maximum absolute atomic E-state index is 12.2. The third-order valence-electron chi connectivity index (χ3n) is 2.67. The Hall–Kier alpha value is -1.88. The fraction of sp³-hybridized carbons (Fsp3) is 0.250. The lowest BCUT2D eigenvalue weighted by molar-refractivity contribution is 0.102. The van der Waals surface area contributed by atoms with Gasteiger partial charge < -0.3 is 10.1 Å². The van der Waals surface area contributed by atoms with Gasteiger partial charge in [0.15, 0.2) is 0 Å². The number of benzene rings is 1. The van der Waals surface area contributed by atoms with Gasteiger partial charge in [0.1, 0.15) is 11.4 Å². The van der Waals surface area contributed by atoms with Gasteiger partial charge in [0.2, 0.25) is 0 Å². The van der Waals surface area contributed by atoms with Crippen LogP contribution in [-0.4, -0.2) is 17.5 Å². The first-order valence-electron chi connectivity index (χ1n) is 6.71. The fourth-order valence-corrected chi connectivity index (χ4v) is 1.88. The molecule has 0 aliphatic carbocycles. The Balaban J connectivity index is 2.11. The molecule has 0 unspecified atom stereocenters. The number of pyridine rings is 1. The number of hydrogen-bond acceptors (Lipinski definition) is 3. The Labute approximate surface area is 132 Å². The number of nitrogens with zero attached hydrogens (tertiary/aromatic N) is 1. The Morgan fingerprint density at radius 3 is 2.71 bits per heavy atom. The molecule has 0 radical (unpaired) electrons. The van der Waals surface area contributed by atoms with Gasteiger partial charge in [0, 0.05) is 10.7 Å². The van der Waals surface area contributed by atoms with Crippen molar-refractivity contribution in [1.82, 2.24) is 4.98 Å². The smallest absolute Gasteiger partial charge is 0.274 e. The number of carbonyl (C=O) groups is 1. The number of carbonyl (C=O) groups excluding carboxylic acids is 1. The highest BCUT2D eigenvalue weighted by Crippen LogP contribution is 2.24. The molecule has 0 fully saturated rings. The number of nitrogens with one attached hydrogen (secondary N) is 1. The van der Waals surface area contributed by atoms with Gasteiger partial charge in [-0.3, -0.25) is 4.79 Å². The van der Waals surface area contributed by atoms with E-state index in [1.165, 1.54) is 0 Å². The van der Waals surface area contributed by atoms with E-state index in [1.54, 1.807) is 18.3 Å². The van der Waals surface area contributed by atoms with Crippen molar-refractivity contribution in [3.63, 3.8) is 0 Å². The molecule has 5 heteroatoms. The summed E-state index contributed by atoms with van der Waals surface area (Å²) in [6.07, 6.45) is 1.59. The van der Waals surface area contributed by atoms with Gasteiger partial charge in [-0.15, -0.1) is 0 Å². The third-order valence-corrected chi connectivity index (χ3v) is 3.14. The van der Waals surface area contributed by atoms with Crippen molar-refractivity contribution in [2.24, 2.45) is 5.92 Å². The number of ether oxygens (including phenoxy) is 1. The summed E-state index contributed by atoms with van der Waals surface area (Å²) in [6.45, 7) is 4.75. The van der Waals surface area contributed by atoms with E-state index in [4.69, 9.17) is 4.74 Å². The molecule has 0 bridgehead atoms. The van der Waals surface area contributed by atoms with Crippen molar-refractivity contribution >= 4 is 27.5 Å². The zero-order valence-electron chi connectivity index (χ0n) is 12.0. The molecule has 0 atom stereocenters. The first-order chi connectivity index (χ1) is 10.1. The highest BCUT2D eigenvalue weighted by molar-refractivity contribution is 9.10. The molecule has 21 heavy (non-hydrogen) atoms. The molecule has 0 spiro atoms. The number of halogens is 1. The molecule has 1 aromatic carbocycles. The van der Waals surface area contributed by atoms with Crippen LogP contribution in [0.3, 0.4) is 0 Å². The van der Waals surface area contributed by atoms with Crippen LogP contribution in [0.15, 0.2) is 47.1 Å². The third kappa shape index (κ3) is 4.56. The molecule has 0 saturated heterocycles. The predicted octanol–water partition coefficient (Wildman–Crippen LogP) is 4.13. The maximum atomic E-state index is 12.2. The summed E-state index contributed by atoms with van der Waals surface area (Å²) in [6, 6.07) is 10.8. The standard InChI is InChI=1S/C16H17BrN2O2/c1-11(2)10-21-15-6-4-3-5-13(15)19-16(20)14-8-7-12(17)9-18-14/h3-9,11H,10H2,1-2H3,(H,19,20). The van der Waals surface area contributed by atoms with Crippen LogP contribution in [0.5, 0.6) is 5.75 Å². The molecule has 0 aliphatic heterocycles. The molecule has 2 aromatic rings. The summed E-state index contributed by atoms with van der Waals surface area (Å²) < 4.78 is 6.54. The van der Waals surface area contributed by atoms with Crippen molar-refractivity contribution in [3.8, 4) is 5.75 Å². The lowest BCUT2D eigenvalue weighted by Crippen LogP contribution is -2.15. The highest BCUT2D eigenvalue weighted by atomic mass is 79.9. The molecule has 0 saturated carbocycles. The van der Waals surface area contributed by atoms with Crippen LogP contribution in [0, 0.1) is 5.92 Å². The van der Waals surface area contributed by atoms with Crippen molar-refractivity contribution in [2.45, 2.75) is 13.8 Å². The average Bonchev–Trinajstić information content (AvgIpc) is 2.47. The van der Waals surface area contributed by atoms with E-state index in [0.717, 1.165) is 4.47 Å². The highest BCUT2D eigenvalue weighted by Gasteiger charge is 2.11. The fourth-order valence-electron chi connectivity index (χ4n) is 1.65. The minimum absolute atomic E-state index is 0.261. The average molecular weight is 349 g/mol. The second-order valence-corrected chi connectivity index (χ2v) is 5.93. The largest absolute Gasteiger partial charge is 0.491 e. The molecular formula is C16H17BrN2O2. The number of aromatic nitrogens is 1. The normalized spacial score (nSPS) is 10.5. The molecule has 1 heterocycles. The Morgan fingerprint density at radius 2 is 2.05 bits per heavy atom. The number of para-hydroxylation sites is 2. The van der Waals surface area contributed by atoms with Crippen molar-refractivity contribution in [3.05, 3.63) is 52.8 Å². The van der Waals surface area contributed by atoms with E-state index in [1.807, 2.05) is 24.3 Å². The SMILES string of the molecule is CC(C)COc1ccccc1NC(=O)c1ccc(Br)cn1. The van der Waals surface area contributed by atoms with Crippen LogP contribution in [0.1, 0.15) is 24.3 Å². The van der Waals surface area contributed by atoms with E-state index < -0.39 is 0 Å². The molecule has 4 nitrogen and oxygen atoms in total. The first kappa shape index (κ1) is 15.5. The molecule has 2 rings (SSSR count). The molecule has 1 aromatic heterocycles. The van der Waals surface area contributed by atoms with Crippen LogP contribution in [-0.2, 0) is 0 Å². The Bertz CT molecular complexity index is 612. The summed E-state index contributed by atoms with van der Waals surface area (Å²) in [5.41, 5.74) is 1.00. The minimum Gasteiger partial charge on any atom is -0.491 e. The van der Waals surface area contributed by atoms with E-state index in [0.29, 0.717) is 29.7 Å². The minimum atomic E-state index is -0.261. The van der Waals surface area contributed by atoms with Crippen molar-refractivity contribution in [1.29, 1.82) is 0 Å². The molecule has 1 amide bonds. The zero-order valence-corrected chi connectivity index (χ0v) is 13.6. The van der Waals surface area contributed by atoms with Gasteiger partial charge in [-0.1, -0.05) is 26.0 Å². The Morgan fingerprint density at radius 1 is 1.29 bits per heavy atom. The van der Waals surface area contributed by atoms with Gasteiger partial charge in [-0.25, -0.2) is 4.98 Å². The summed E-state index contributed by atoms with van der Waals surface area (Å²) in [5, 5.41) is 2.83. The second-order valence-electron chi connectivity index (χ2n) is 5.02. The summed E-state index contributed by atoms with van der Waals surface area (Å²) in [7, 11) is 0. The monoisotopic (exact) mass is 348 g/mol. The number of hydrogen-bond donors (Lipinski definition) is 1. The van der Waals surface area contributed by atoms with Gasteiger partial charge in [0.05, 0.1) is 12.3 Å². The molecule has 0 aliphatic rings. The maximum Gasteiger partial charge on any atom is 0.274 e. The van der Waals surface area contributed by atoms with Crippen molar-refractivity contribution in [2.75, 3.05) is 11.9 Å². The molecule has 1 N–H and O–H groups in total. The van der Waals surface area contributed by atoms with Crippen LogP contribution >= 0.6 is 15.9 Å². The number of anilines is 1. The Kier molecular flexibility index (Phi) is 5.33. The quantitative estimate of drug-likeness (QED) is 0.883. The van der Waals surface area contributed by atoms with E-state index >= 15 is 0 Å². The van der Waals surface area contributed by atoms with Crippen molar-refractivity contribution < 1.29 is 9.53 Å². The number of rotatable bonds is 5. The molecular weight excluding hydrogens is 332 g/mol. The summed E-state index contributed by atoms with van der Waals surface area (Å²) in [5.74, 6) is 0.821. The lowest BCUT2D eigenvalue weighted by Gasteiger charge is -2.13. The van der Waals surface area contributed by atoms with E-state index in [2.05, 4.69) is 40.1 Å². The summed E-state index contributed by atoms with van der Waals surface area (Å²) >= 11 is 3.29. The first-order valence-corrected chi connectivity index (χ1v) is 7.50. The van der Waals surface area contributed by atoms with Crippen LogP contribution < -0.4 is 10.1 Å². The van der Waals surface area contributed by atoms with Crippen LogP contribution in [0.25, 0.3) is 0 Å². The van der Waals surface area contributed by atoms with Gasteiger partial charge >= 0.3 is 0 Å². The van der Waals surface area contributed by atoms with E-state index in [9.17, 15) is 4.79 Å². The molecule has 110 valence electrons. The predicted molar refractivity (Wildman–Crippen MR) is 86.7 cm³/mol. The van der Waals surface area contributed by atoms with E-state index in [-0.39, 0.29) is 5.91 Å². The lowest BCUT2D eigenvalue weighted by atomic mass is 10.2. The van der Waals surface area contributed by atoms with Crippen LogP contribution in [0.4, 0.5) is 5.69 Å². The van der Waals surface area contributed by atoms with Crippen LogP contribution in [0.2, 0.25) is 0 Å². The van der Waals surface area contributed by atoms with Gasteiger partial charge in [-0.2, -0.15) is 0 Å². The topological polar surface area (TPSA) is 51.2 Å². The van der Waals surface area contributed by atoms with Gasteiger partial charge in [-0.05, 0) is 46.1 Å². The second kappa shape index (κ2) is 7.22. The zero-order chi connectivity index (χ0) is 15.2. The number of amides is 1. The van der Waals surface area contributed by atoms with Gasteiger partial charge in [0.25, 0.3) is 5.91 Å². The summed E-state index contributed by atoms with van der Waals surface area (Å²) in [4.78, 5) is 16.2.